The molecule has 1 heterocycles. The van der Waals surface area contributed by atoms with Gasteiger partial charge in [-0.15, -0.1) is 11.3 Å². The molecule has 0 aliphatic rings. The van der Waals surface area contributed by atoms with Gasteiger partial charge in [0.15, 0.2) is 6.10 Å². The van der Waals surface area contributed by atoms with Crippen molar-refractivity contribution in [1.82, 2.24) is 0 Å². The number of rotatable bonds is 5. The molecule has 1 atom stereocenters. The Hall–Kier alpha value is -2.67. The number of anilines is 1. The van der Waals surface area contributed by atoms with E-state index in [1.807, 2.05) is 6.92 Å². The van der Waals surface area contributed by atoms with Crippen LogP contribution in [0, 0.1) is 6.92 Å². The maximum atomic E-state index is 12.1. The van der Waals surface area contributed by atoms with Crippen LogP contribution in [-0.4, -0.2) is 23.9 Å². The van der Waals surface area contributed by atoms with Gasteiger partial charge in [-0.05, 0) is 37.4 Å². The fourth-order valence-electron chi connectivity index (χ4n) is 1.79. The normalized spacial score (nSPS) is 11.6. The lowest BCUT2D eigenvalue weighted by molar-refractivity contribution is -0.123. The van der Waals surface area contributed by atoms with Crippen LogP contribution in [0.2, 0.25) is 0 Å². The van der Waals surface area contributed by atoms with Crippen molar-refractivity contribution in [3.05, 3.63) is 52.4 Å². The first-order valence-corrected chi connectivity index (χ1v) is 7.72. The van der Waals surface area contributed by atoms with Crippen LogP contribution in [0.4, 0.5) is 5.00 Å². The van der Waals surface area contributed by atoms with Crippen LogP contribution >= 0.6 is 11.3 Å². The smallest absolute Gasteiger partial charge is 0.338 e. The molecule has 23 heavy (non-hydrogen) atoms. The number of nitrogens with one attached hydrogen (secondary N) is 1. The number of hydrogen-bond donors (Lipinski definition) is 2. The van der Waals surface area contributed by atoms with E-state index in [2.05, 4.69) is 5.32 Å². The Balaban J connectivity index is 1.99. The van der Waals surface area contributed by atoms with Gasteiger partial charge in [0.1, 0.15) is 5.00 Å². The highest BCUT2D eigenvalue weighted by Gasteiger charge is 2.21. The van der Waals surface area contributed by atoms with Gasteiger partial charge in [-0.25, -0.2) is 4.79 Å². The van der Waals surface area contributed by atoms with Gasteiger partial charge >= 0.3 is 5.97 Å². The quantitative estimate of drug-likeness (QED) is 0.821. The minimum atomic E-state index is -1.01. The Kier molecular flexibility index (Phi) is 5.13. The van der Waals surface area contributed by atoms with Crippen molar-refractivity contribution in [1.29, 1.82) is 0 Å². The van der Waals surface area contributed by atoms with Gasteiger partial charge in [-0.1, -0.05) is 17.7 Å². The van der Waals surface area contributed by atoms with Gasteiger partial charge in [-0.2, -0.15) is 0 Å². The number of esters is 1. The van der Waals surface area contributed by atoms with E-state index in [0.717, 1.165) is 5.56 Å². The van der Waals surface area contributed by atoms with Crippen LogP contribution in [0.15, 0.2) is 35.7 Å². The molecule has 1 aromatic carbocycles. The monoisotopic (exact) mass is 332 g/mol. The summed E-state index contributed by atoms with van der Waals surface area (Å²) in [6.45, 7) is 3.36. The fourth-order valence-corrected chi connectivity index (χ4v) is 2.58. The van der Waals surface area contributed by atoms with E-state index in [1.54, 1.807) is 29.6 Å². The first-order chi connectivity index (χ1) is 10.9. The lowest BCUT2D eigenvalue weighted by Gasteiger charge is -2.13. The van der Waals surface area contributed by atoms with Crippen molar-refractivity contribution in [3.63, 3.8) is 0 Å². The van der Waals surface area contributed by atoms with Crippen molar-refractivity contribution < 1.29 is 19.1 Å². The molecule has 0 unspecified atom stereocenters. The Morgan fingerprint density at radius 2 is 1.83 bits per heavy atom. The van der Waals surface area contributed by atoms with Crippen molar-refractivity contribution in [2.45, 2.75) is 20.0 Å². The summed E-state index contributed by atoms with van der Waals surface area (Å²) in [4.78, 5) is 35.3. The highest BCUT2D eigenvalue weighted by Crippen LogP contribution is 2.23. The third kappa shape index (κ3) is 4.17. The molecule has 0 saturated heterocycles. The van der Waals surface area contributed by atoms with E-state index >= 15 is 0 Å². The van der Waals surface area contributed by atoms with E-state index in [1.165, 1.54) is 24.3 Å². The zero-order valence-electron chi connectivity index (χ0n) is 12.7. The molecule has 0 aliphatic heterocycles. The molecule has 3 N–H and O–H groups in total. The standard InChI is InChI=1S/C16H16N2O4S/c1-9-3-5-11(6-4-9)16(21)22-10(2)14(20)18-15-12(13(17)19)7-8-23-15/h3-8,10H,1-2H3,(H2,17,19)(H,18,20)/t10-/m1/s1. The van der Waals surface area contributed by atoms with Crippen LogP contribution in [0.1, 0.15) is 33.2 Å². The maximum Gasteiger partial charge on any atom is 0.338 e. The van der Waals surface area contributed by atoms with Gasteiger partial charge in [-0.3, -0.25) is 9.59 Å². The predicted molar refractivity (Wildman–Crippen MR) is 87.5 cm³/mol. The Bertz CT molecular complexity index is 737. The summed E-state index contributed by atoms with van der Waals surface area (Å²) in [5.74, 6) is -1.75. The zero-order chi connectivity index (χ0) is 17.0. The number of aryl methyl sites for hydroxylation is 1. The van der Waals surface area contributed by atoms with Crippen molar-refractivity contribution in [3.8, 4) is 0 Å². The van der Waals surface area contributed by atoms with E-state index in [4.69, 9.17) is 10.5 Å². The predicted octanol–water partition coefficient (Wildman–Crippen LogP) is 2.34. The van der Waals surface area contributed by atoms with Crippen LogP contribution in [-0.2, 0) is 9.53 Å². The second kappa shape index (κ2) is 7.06. The summed E-state index contributed by atoms with van der Waals surface area (Å²) in [5.41, 5.74) is 6.82. The van der Waals surface area contributed by atoms with Gasteiger partial charge in [0.05, 0.1) is 11.1 Å². The summed E-state index contributed by atoms with van der Waals surface area (Å²) in [6.07, 6.45) is -1.01. The van der Waals surface area contributed by atoms with Crippen molar-refractivity contribution >= 4 is 34.1 Å². The molecule has 7 heteroatoms. The molecule has 120 valence electrons. The zero-order valence-corrected chi connectivity index (χ0v) is 13.5. The summed E-state index contributed by atoms with van der Waals surface area (Å²) in [5, 5.41) is 4.51. The molecule has 2 amide bonds. The summed E-state index contributed by atoms with van der Waals surface area (Å²) < 4.78 is 5.12. The number of ether oxygens (including phenoxy) is 1. The molecule has 0 fully saturated rings. The maximum absolute atomic E-state index is 12.1. The average molecular weight is 332 g/mol. The van der Waals surface area contributed by atoms with E-state index < -0.39 is 23.9 Å². The van der Waals surface area contributed by atoms with Gasteiger partial charge in [0, 0.05) is 0 Å². The third-order valence-corrected chi connectivity index (χ3v) is 3.94. The van der Waals surface area contributed by atoms with E-state index in [9.17, 15) is 14.4 Å². The molecule has 0 radical (unpaired) electrons. The van der Waals surface area contributed by atoms with Crippen molar-refractivity contribution in [2.24, 2.45) is 5.73 Å². The molecular formula is C16H16N2O4S. The summed E-state index contributed by atoms with van der Waals surface area (Å²) >= 11 is 1.17. The topological polar surface area (TPSA) is 98.5 Å². The molecule has 1 aromatic heterocycles. The minimum absolute atomic E-state index is 0.223. The van der Waals surface area contributed by atoms with Gasteiger partial charge < -0.3 is 15.8 Å². The largest absolute Gasteiger partial charge is 0.449 e. The lowest BCUT2D eigenvalue weighted by atomic mass is 10.1. The fraction of sp³-hybridized carbons (Fsp3) is 0.188. The van der Waals surface area contributed by atoms with Crippen LogP contribution in [0.3, 0.4) is 0 Å². The molecule has 0 spiro atoms. The molecule has 6 nitrogen and oxygen atoms in total. The van der Waals surface area contributed by atoms with Crippen LogP contribution < -0.4 is 11.1 Å². The van der Waals surface area contributed by atoms with E-state index in [-0.39, 0.29) is 5.56 Å². The Morgan fingerprint density at radius 3 is 2.43 bits per heavy atom. The first kappa shape index (κ1) is 16.7. The molecule has 0 bridgehead atoms. The molecule has 0 saturated carbocycles. The summed E-state index contributed by atoms with van der Waals surface area (Å²) in [7, 11) is 0. The number of carbonyl (C=O) groups excluding carboxylic acids is 3. The number of amides is 2. The second-order valence-corrected chi connectivity index (χ2v) is 5.85. The Morgan fingerprint density at radius 1 is 1.17 bits per heavy atom. The average Bonchev–Trinajstić information content (AvgIpc) is 2.96. The highest BCUT2D eigenvalue weighted by molar-refractivity contribution is 7.14. The van der Waals surface area contributed by atoms with Crippen LogP contribution in [0.25, 0.3) is 0 Å². The van der Waals surface area contributed by atoms with E-state index in [0.29, 0.717) is 10.6 Å². The Labute approximate surface area is 137 Å². The number of carbonyl (C=O) groups is 3. The summed E-state index contributed by atoms with van der Waals surface area (Å²) in [6, 6.07) is 8.35. The SMILES string of the molecule is Cc1ccc(C(=O)O[C@H](C)C(=O)Nc2sccc2C(N)=O)cc1. The lowest BCUT2D eigenvalue weighted by Crippen LogP contribution is -2.30. The highest BCUT2D eigenvalue weighted by atomic mass is 32.1. The second-order valence-electron chi connectivity index (χ2n) is 4.93. The number of thiophene rings is 1. The first-order valence-electron chi connectivity index (χ1n) is 6.84. The minimum Gasteiger partial charge on any atom is -0.449 e. The molecular weight excluding hydrogens is 316 g/mol. The number of nitrogens with two attached hydrogens (primary N) is 1. The third-order valence-electron chi connectivity index (χ3n) is 3.11. The number of hydrogen-bond acceptors (Lipinski definition) is 5. The number of benzene rings is 1. The van der Waals surface area contributed by atoms with Gasteiger partial charge in [0.25, 0.3) is 11.8 Å². The molecule has 2 rings (SSSR count). The molecule has 2 aromatic rings. The number of primary amides is 1. The molecule has 0 aliphatic carbocycles. The van der Waals surface area contributed by atoms with Crippen LogP contribution in [0.5, 0.6) is 0 Å². The van der Waals surface area contributed by atoms with Gasteiger partial charge in [0.2, 0.25) is 0 Å². The van der Waals surface area contributed by atoms with Crippen molar-refractivity contribution in [2.75, 3.05) is 5.32 Å².